The number of ether oxygens (including phenoxy) is 1. The zero-order chi connectivity index (χ0) is 17.5. The summed E-state index contributed by atoms with van der Waals surface area (Å²) in [7, 11) is 0. The van der Waals surface area contributed by atoms with Crippen LogP contribution in [-0.4, -0.2) is 22.8 Å². The number of allylic oxidation sites excluding steroid dienone is 1. The minimum atomic E-state index is -0.993. The summed E-state index contributed by atoms with van der Waals surface area (Å²) in [6, 6.07) is 7.05. The molecule has 2 atom stereocenters. The highest BCUT2D eigenvalue weighted by atomic mass is 16.6. The predicted molar refractivity (Wildman–Crippen MR) is 94.4 cm³/mol. The van der Waals surface area contributed by atoms with Crippen molar-refractivity contribution in [2.24, 2.45) is 5.92 Å². The Morgan fingerprint density at radius 3 is 2.42 bits per heavy atom. The summed E-state index contributed by atoms with van der Waals surface area (Å²) in [5, 5.41) is 0. The largest absolute Gasteiger partial charge is 0.345 e. The van der Waals surface area contributed by atoms with E-state index in [-0.39, 0.29) is 11.6 Å². The van der Waals surface area contributed by atoms with Gasteiger partial charge in [-0.25, -0.2) is 0 Å². The van der Waals surface area contributed by atoms with Gasteiger partial charge in [0.25, 0.3) is 0 Å². The van der Waals surface area contributed by atoms with Crippen LogP contribution in [0.5, 0.6) is 0 Å². The fourth-order valence-corrected chi connectivity index (χ4v) is 3.71. The second kappa shape index (κ2) is 5.96. The van der Waals surface area contributed by atoms with E-state index in [2.05, 4.69) is 26.8 Å². The highest BCUT2D eigenvalue weighted by Crippen LogP contribution is 2.57. The number of hydrogen-bond acceptors (Lipinski definition) is 3. The van der Waals surface area contributed by atoms with Crippen molar-refractivity contribution in [3.63, 3.8) is 0 Å². The lowest BCUT2D eigenvalue weighted by atomic mass is 9.73. The number of benzene rings is 1. The van der Waals surface area contributed by atoms with Gasteiger partial charge in [-0.2, -0.15) is 0 Å². The number of carbonyl (C=O) groups is 2. The van der Waals surface area contributed by atoms with E-state index in [0.29, 0.717) is 23.5 Å². The molecule has 128 valence electrons. The topological polar surface area (TPSA) is 46.7 Å². The first kappa shape index (κ1) is 17.1. The van der Waals surface area contributed by atoms with Gasteiger partial charge in [0.15, 0.2) is 22.8 Å². The molecule has 1 aliphatic carbocycles. The third-order valence-corrected chi connectivity index (χ3v) is 5.41. The first-order chi connectivity index (χ1) is 11.3. The molecule has 24 heavy (non-hydrogen) atoms. The summed E-state index contributed by atoms with van der Waals surface area (Å²) in [5.41, 5.74) is 0.284. The Morgan fingerprint density at radius 2 is 1.79 bits per heavy atom. The van der Waals surface area contributed by atoms with Crippen LogP contribution in [0.25, 0.3) is 0 Å². The molecule has 1 aliphatic heterocycles. The molecule has 0 saturated carbocycles. The number of rotatable bonds is 6. The van der Waals surface area contributed by atoms with E-state index in [0.717, 1.165) is 12.8 Å². The third-order valence-electron chi connectivity index (χ3n) is 5.41. The molecule has 3 rings (SSSR count). The number of epoxide rings is 1. The highest BCUT2D eigenvalue weighted by Gasteiger charge is 2.77. The molecule has 0 aromatic heterocycles. The Morgan fingerprint density at radius 1 is 1.17 bits per heavy atom. The molecule has 1 saturated heterocycles. The second-order valence-corrected chi connectivity index (χ2v) is 7.71. The number of fused-ring (bicyclic) bond motifs is 2. The fourth-order valence-electron chi connectivity index (χ4n) is 3.71. The molecule has 1 fully saturated rings. The lowest BCUT2D eigenvalue weighted by Gasteiger charge is -2.22. The van der Waals surface area contributed by atoms with Crippen molar-refractivity contribution in [3.05, 3.63) is 47.0 Å². The molecule has 1 aromatic carbocycles. The molecule has 0 bridgehead atoms. The van der Waals surface area contributed by atoms with Crippen molar-refractivity contribution in [3.8, 4) is 0 Å². The molecular weight excluding hydrogens is 300 g/mol. The van der Waals surface area contributed by atoms with Gasteiger partial charge in [-0.1, -0.05) is 56.2 Å². The molecular formula is C21H26O3. The molecule has 2 aliphatic rings. The van der Waals surface area contributed by atoms with E-state index >= 15 is 0 Å². The minimum absolute atomic E-state index is 0.0496. The molecule has 2 unspecified atom stereocenters. The quantitative estimate of drug-likeness (QED) is 0.559. The van der Waals surface area contributed by atoms with Gasteiger partial charge in [0.05, 0.1) is 0 Å². The Labute approximate surface area is 144 Å². The fraction of sp³-hybridized carbons (Fsp3) is 0.524. The van der Waals surface area contributed by atoms with Gasteiger partial charge < -0.3 is 4.74 Å². The summed E-state index contributed by atoms with van der Waals surface area (Å²) in [6.45, 7) is 8.31. The van der Waals surface area contributed by atoms with Crippen LogP contribution in [-0.2, 0) is 4.74 Å². The first-order valence-corrected chi connectivity index (χ1v) is 8.86. The predicted octanol–water partition coefficient (Wildman–Crippen LogP) is 4.76. The van der Waals surface area contributed by atoms with Crippen molar-refractivity contribution >= 4 is 11.6 Å². The van der Waals surface area contributed by atoms with Crippen LogP contribution in [0.3, 0.4) is 0 Å². The average Bonchev–Trinajstić information content (AvgIpc) is 3.19. The maximum Gasteiger partial charge on any atom is 0.199 e. The van der Waals surface area contributed by atoms with E-state index in [1.807, 2.05) is 0 Å². The number of hydrogen-bond donors (Lipinski definition) is 0. The van der Waals surface area contributed by atoms with E-state index in [1.54, 1.807) is 31.2 Å². The second-order valence-electron chi connectivity index (χ2n) is 7.71. The van der Waals surface area contributed by atoms with Gasteiger partial charge in [0.1, 0.15) is 0 Å². The normalized spacial score (nSPS) is 28.8. The van der Waals surface area contributed by atoms with Gasteiger partial charge in [0, 0.05) is 17.5 Å². The molecule has 0 N–H and O–H groups in total. The zero-order valence-electron chi connectivity index (χ0n) is 15.0. The number of carbonyl (C=O) groups excluding carboxylic acids is 2. The SMILES string of the molecule is C/C(=C\CC12OC1(C)C(=O)c1ccccc1C2=O)CCCC(C)C. The maximum absolute atomic E-state index is 12.9. The van der Waals surface area contributed by atoms with Gasteiger partial charge in [-0.3, -0.25) is 9.59 Å². The Balaban J connectivity index is 1.77. The summed E-state index contributed by atoms with van der Waals surface area (Å²) < 4.78 is 5.81. The molecule has 0 spiro atoms. The van der Waals surface area contributed by atoms with Gasteiger partial charge in [0.2, 0.25) is 0 Å². The van der Waals surface area contributed by atoms with Gasteiger partial charge in [-0.15, -0.1) is 0 Å². The van der Waals surface area contributed by atoms with Crippen molar-refractivity contribution in [2.75, 3.05) is 0 Å². The van der Waals surface area contributed by atoms with E-state index in [4.69, 9.17) is 4.74 Å². The molecule has 0 amide bonds. The Kier molecular flexibility index (Phi) is 4.25. The van der Waals surface area contributed by atoms with Crippen LogP contribution < -0.4 is 0 Å². The first-order valence-electron chi connectivity index (χ1n) is 8.86. The summed E-state index contributed by atoms with van der Waals surface area (Å²) in [6.07, 6.45) is 5.96. The van der Waals surface area contributed by atoms with Crippen molar-refractivity contribution in [2.45, 2.75) is 64.6 Å². The van der Waals surface area contributed by atoms with Crippen LogP contribution >= 0.6 is 0 Å². The maximum atomic E-state index is 12.9. The summed E-state index contributed by atoms with van der Waals surface area (Å²) in [5.74, 6) is 0.593. The third kappa shape index (κ3) is 2.55. The molecule has 3 nitrogen and oxygen atoms in total. The van der Waals surface area contributed by atoms with Crippen LogP contribution in [0.1, 0.15) is 74.1 Å². The molecule has 0 radical (unpaired) electrons. The lowest BCUT2D eigenvalue weighted by Crippen LogP contribution is -2.43. The van der Waals surface area contributed by atoms with Crippen molar-refractivity contribution in [1.82, 2.24) is 0 Å². The van der Waals surface area contributed by atoms with Crippen molar-refractivity contribution in [1.29, 1.82) is 0 Å². The van der Waals surface area contributed by atoms with Crippen LogP contribution in [0, 0.1) is 5.92 Å². The minimum Gasteiger partial charge on any atom is -0.345 e. The molecule has 1 aromatic rings. The van der Waals surface area contributed by atoms with E-state index < -0.39 is 11.2 Å². The number of ketones is 2. The van der Waals surface area contributed by atoms with E-state index in [1.165, 1.54) is 12.0 Å². The van der Waals surface area contributed by atoms with Crippen LogP contribution in [0.2, 0.25) is 0 Å². The number of Topliss-reactive ketones (excluding diaryl/α,β-unsaturated/α-hetero) is 2. The summed E-state index contributed by atoms with van der Waals surface area (Å²) in [4.78, 5) is 25.7. The smallest absolute Gasteiger partial charge is 0.199 e. The van der Waals surface area contributed by atoms with Crippen molar-refractivity contribution < 1.29 is 14.3 Å². The average molecular weight is 326 g/mol. The Hall–Kier alpha value is -1.74. The molecule has 3 heteroatoms. The Bertz CT molecular complexity index is 716. The monoisotopic (exact) mass is 326 g/mol. The lowest BCUT2D eigenvalue weighted by molar-refractivity contribution is 0.0847. The highest BCUT2D eigenvalue weighted by molar-refractivity contribution is 6.25. The summed E-state index contributed by atoms with van der Waals surface area (Å²) >= 11 is 0. The van der Waals surface area contributed by atoms with E-state index in [9.17, 15) is 9.59 Å². The van der Waals surface area contributed by atoms with Gasteiger partial charge in [-0.05, 0) is 32.6 Å². The van der Waals surface area contributed by atoms with Crippen LogP contribution in [0.4, 0.5) is 0 Å². The molecule has 1 heterocycles. The standard InChI is InChI=1S/C21H26O3/c1-14(2)8-7-9-15(3)12-13-21-19(23)17-11-6-5-10-16(17)18(22)20(21,4)24-21/h5-6,10-12,14H,7-9,13H2,1-4H3/b15-12+. The van der Waals surface area contributed by atoms with Crippen LogP contribution in [0.15, 0.2) is 35.9 Å². The van der Waals surface area contributed by atoms with Gasteiger partial charge >= 0.3 is 0 Å². The zero-order valence-corrected chi connectivity index (χ0v) is 15.0.